The van der Waals surface area contributed by atoms with E-state index < -0.39 is 5.97 Å². The van der Waals surface area contributed by atoms with Gasteiger partial charge in [-0.1, -0.05) is 48.2 Å². The fourth-order valence-electron chi connectivity index (χ4n) is 3.29. The molecule has 9 heteroatoms. The molecule has 154 valence electrons. The summed E-state index contributed by atoms with van der Waals surface area (Å²) in [6.07, 6.45) is 9.50. The molecule has 0 saturated carbocycles. The van der Waals surface area contributed by atoms with E-state index in [9.17, 15) is 9.59 Å². The Balaban J connectivity index is 1.51. The Morgan fingerprint density at radius 1 is 1.27 bits per heavy atom. The molecule has 1 aliphatic heterocycles. The van der Waals surface area contributed by atoms with Gasteiger partial charge in [-0.3, -0.25) is 4.79 Å². The number of nitrogens with zero attached hydrogens (tertiary/aromatic N) is 3. The van der Waals surface area contributed by atoms with Gasteiger partial charge in [-0.25, -0.2) is 14.8 Å². The van der Waals surface area contributed by atoms with Crippen molar-refractivity contribution in [2.45, 2.75) is 28.3 Å². The summed E-state index contributed by atoms with van der Waals surface area (Å²) in [4.78, 5) is 36.3. The van der Waals surface area contributed by atoms with Crippen molar-refractivity contribution < 1.29 is 14.3 Å². The summed E-state index contributed by atoms with van der Waals surface area (Å²) >= 11 is 2.95. The zero-order chi connectivity index (χ0) is 21.1. The third kappa shape index (κ3) is 4.08. The predicted molar refractivity (Wildman–Crippen MR) is 119 cm³/mol. The van der Waals surface area contributed by atoms with Crippen molar-refractivity contribution in [3.8, 4) is 0 Å². The van der Waals surface area contributed by atoms with Gasteiger partial charge in [-0.05, 0) is 19.1 Å². The molecule has 7 nitrogen and oxygen atoms in total. The maximum absolute atomic E-state index is 13.2. The highest BCUT2D eigenvalue weighted by Crippen LogP contribution is 2.43. The predicted octanol–water partition coefficient (Wildman–Crippen LogP) is 3.33. The lowest BCUT2D eigenvalue weighted by atomic mass is 10.0. The lowest BCUT2D eigenvalue weighted by molar-refractivity contribution is -0.116. The number of thioether (sulfide) groups is 2. The van der Waals surface area contributed by atoms with Crippen LogP contribution in [0.3, 0.4) is 0 Å². The van der Waals surface area contributed by atoms with E-state index in [0.29, 0.717) is 5.16 Å². The second kappa shape index (κ2) is 8.93. The number of esters is 1. The fourth-order valence-corrected chi connectivity index (χ4v) is 5.23. The molecule has 0 fully saturated rings. The van der Waals surface area contributed by atoms with Gasteiger partial charge in [-0.15, -0.1) is 11.8 Å². The largest absolute Gasteiger partial charge is 0.462 e. The van der Waals surface area contributed by atoms with Gasteiger partial charge >= 0.3 is 5.97 Å². The molecule has 2 N–H and O–H groups in total. The van der Waals surface area contributed by atoms with Crippen molar-refractivity contribution in [3.63, 3.8) is 0 Å². The third-order valence-corrected chi connectivity index (χ3v) is 6.78. The van der Waals surface area contributed by atoms with Crippen LogP contribution in [0.4, 0.5) is 11.5 Å². The number of nitrogens with two attached hydrogens (primary N) is 1. The van der Waals surface area contributed by atoms with Crippen LogP contribution in [-0.4, -0.2) is 45.5 Å². The van der Waals surface area contributed by atoms with Crippen molar-refractivity contribution in [2.75, 3.05) is 23.0 Å². The SMILES string of the molecule is CCOC(=O)c1cnc(SCC(=O)N2c3ccccc3SC3C=CC=CC32)nc1N. The van der Waals surface area contributed by atoms with Crippen molar-refractivity contribution in [3.05, 3.63) is 60.3 Å². The Hall–Kier alpha value is -2.78. The lowest BCUT2D eigenvalue weighted by Crippen LogP contribution is -2.48. The van der Waals surface area contributed by atoms with Crippen molar-refractivity contribution in [1.29, 1.82) is 0 Å². The zero-order valence-corrected chi connectivity index (χ0v) is 17.9. The van der Waals surface area contributed by atoms with E-state index in [2.05, 4.69) is 22.1 Å². The summed E-state index contributed by atoms with van der Waals surface area (Å²) in [5.41, 5.74) is 6.90. The first-order valence-corrected chi connectivity index (χ1v) is 11.3. The monoisotopic (exact) mass is 440 g/mol. The van der Waals surface area contributed by atoms with Crippen LogP contribution in [0.15, 0.2) is 64.8 Å². The van der Waals surface area contributed by atoms with Crippen LogP contribution in [0.1, 0.15) is 17.3 Å². The highest BCUT2D eigenvalue weighted by Gasteiger charge is 2.36. The van der Waals surface area contributed by atoms with E-state index in [1.165, 1.54) is 18.0 Å². The molecule has 2 aliphatic rings. The van der Waals surface area contributed by atoms with Crippen LogP contribution in [0.5, 0.6) is 0 Å². The fraction of sp³-hybridized carbons (Fsp3) is 0.238. The molecule has 0 bridgehead atoms. The Kier molecular flexibility index (Phi) is 6.10. The van der Waals surface area contributed by atoms with Crippen LogP contribution in [-0.2, 0) is 9.53 Å². The lowest BCUT2D eigenvalue weighted by Gasteiger charge is -2.40. The number of amides is 1. The highest BCUT2D eigenvalue weighted by molar-refractivity contribution is 8.00. The van der Waals surface area contributed by atoms with Gasteiger partial charge < -0.3 is 15.4 Å². The molecule has 2 atom stereocenters. The van der Waals surface area contributed by atoms with Crippen LogP contribution in [0.25, 0.3) is 0 Å². The normalized spacial score (nSPS) is 19.2. The number of rotatable bonds is 5. The minimum Gasteiger partial charge on any atom is -0.462 e. The van der Waals surface area contributed by atoms with Gasteiger partial charge in [0.15, 0.2) is 5.16 Å². The molecule has 1 aliphatic carbocycles. The molecule has 30 heavy (non-hydrogen) atoms. The average molecular weight is 441 g/mol. The molecular weight excluding hydrogens is 420 g/mol. The standard InChI is InChI=1S/C21H20N4O3S2/c1-2-28-20(27)13-11-23-21(24-19(13)22)29-12-18(26)25-14-7-3-5-9-16(14)30-17-10-6-4-8-15(17)25/h3-11,14,16H,2,12H2,1H3,(H2,22,23,24). The number of anilines is 2. The molecular formula is C21H20N4O3S2. The first-order valence-electron chi connectivity index (χ1n) is 9.43. The first-order chi connectivity index (χ1) is 14.6. The van der Waals surface area contributed by atoms with E-state index in [1.54, 1.807) is 18.7 Å². The second-order valence-electron chi connectivity index (χ2n) is 6.53. The summed E-state index contributed by atoms with van der Waals surface area (Å²) in [6, 6.07) is 7.88. The summed E-state index contributed by atoms with van der Waals surface area (Å²) in [5.74, 6) is -0.413. The highest BCUT2D eigenvalue weighted by atomic mass is 32.2. The molecule has 2 heterocycles. The number of hydrogen-bond donors (Lipinski definition) is 1. The number of allylic oxidation sites excluding steroid dienone is 2. The van der Waals surface area contributed by atoms with Gasteiger partial charge in [0.25, 0.3) is 0 Å². The average Bonchev–Trinajstić information content (AvgIpc) is 2.76. The Morgan fingerprint density at radius 2 is 2.07 bits per heavy atom. The van der Waals surface area contributed by atoms with Crippen LogP contribution < -0.4 is 10.6 Å². The van der Waals surface area contributed by atoms with Crippen LogP contribution in [0, 0.1) is 0 Å². The number of carbonyl (C=O) groups is 2. The number of nitrogen functional groups attached to an aromatic ring is 1. The summed E-state index contributed by atoms with van der Waals surface area (Å²) in [6.45, 7) is 1.95. The third-order valence-electron chi connectivity index (χ3n) is 4.63. The number of para-hydroxylation sites is 1. The summed E-state index contributed by atoms with van der Waals surface area (Å²) in [5, 5.41) is 0.513. The van der Waals surface area contributed by atoms with E-state index in [-0.39, 0.29) is 40.9 Å². The summed E-state index contributed by atoms with van der Waals surface area (Å²) in [7, 11) is 0. The van der Waals surface area contributed by atoms with E-state index >= 15 is 0 Å². The molecule has 2 unspecified atom stereocenters. The number of aromatic nitrogens is 2. The molecule has 1 aromatic carbocycles. The topological polar surface area (TPSA) is 98.4 Å². The quantitative estimate of drug-likeness (QED) is 0.429. The van der Waals surface area contributed by atoms with E-state index in [1.807, 2.05) is 41.3 Å². The Labute approximate surface area is 182 Å². The number of carbonyl (C=O) groups excluding carboxylic acids is 2. The number of ether oxygens (including phenoxy) is 1. The minimum atomic E-state index is -0.562. The Bertz CT molecular complexity index is 1040. The molecule has 1 aromatic heterocycles. The van der Waals surface area contributed by atoms with E-state index in [0.717, 1.165) is 10.6 Å². The van der Waals surface area contributed by atoms with Gasteiger partial charge in [0.05, 0.1) is 29.3 Å². The molecule has 2 aromatic rings. The molecule has 0 radical (unpaired) electrons. The molecule has 1 amide bonds. The molecule has 0 saturated heterocycles. The van der Waals surface area contributed by atoms with Crippen molar-refractivity contribution in [2.24, 2.45) is 0 Å². The summed E-state index contributed by atoms with van der Waals surface area (Å²) < 4.78 is 4.93. The van der Waals surface area contributed by atoms with Crippen LogP contribution in [0.2, 0.25) is 0 Å². The van der Waals surface area contributed by atoms with Gasteiger partial charge in [0.1, 0.15) is 11.4 Å². The smallest absolute Gasteiger partial charge is 0.343 e. The van der Waals surface area contributed by atoms with E-state index in [4.69, 9.17) is 10.5 Å². The Morgan fingerprint density at radius 3 is 2.87 bits per heavy atom. The number of hydrogen-bond acceptors (Lipinski definition) is 8. The maximum Gasteiger partial charge on any atom is 0.343 e. The first kappa shape index (κ1) is 20.5. The van der Waals surface area contributed by atoms with Gasteiger partial charge in [0.2, 0.25) is 5.91 Å². The maximum atomic E-state index is 13.2. The molecule has 0 spiro atoms. The van der Waals surface area contributed by atoms with Gasteiger partial charge in [-0.2, -0.15) is 0 Å². The van der Waals surface area contributed by atoms with Gasteiger partial charge in [0, 0.05) is 11.1 Å². The van der Waals surface area contributed by atoms with Crippen molar-refractivity contribution >= 4 is 46.9 Å². The molecule has 4 rings (SSSR count). The number of benzene rings is 1. The van der Waals surface area contributed by atoms with Crippen LogP contribution >= 0.6 is 23.5 Å². The van der Waals surface area contributed by atoms with Crippen molar-refractivity contribution in [1.82, 2.24) is 9.97 Å². The second-order valence-corrected chi connectivity index (χ2v) is 8.70. The number of fused-ring (bicyclic) bond motifs is 2. The zero-order valence-electron chi connectivity index (χ0n) is 16.2. The minimum absolute atomic E-state index is 0.0403.